The highest BCUT2D eigenvalue weighted by molar-refractivity contribution is 7.47. The molecule has 0 bridgehead atoms. The van der Waals surface area contributed by atoms with Crippen molar-refractivity contribution < 1.29 is 58.3 Å². The molecule has 1 aliphatic carbocycles. The first kappa shape index (κ1) is 65.3. The number of hydrogen-bond acceptors (Lipinski definition) is 11. The minimum absolute atomic E-state index is 0.0557. The van der Waals surface area contributed by atoms with Gasteiger partial charge in [0.05, 0.1) is 13.2 Å². The largest absolute Gasteiger partial charge is 0.472 e. The first-order chi connectivity index (χ1) is 34.0. The van der Waals surface area contributed by atoms with Crippen LogP contribution in [0.4, 0.5) is 0 Å². The summed E-state index contributed by atoms with van der Waals surface area (Å²) in [4.78, 5) is 23.2. The Kier molecular flexibility index (Phi) is 43.0. The lowest BCUT2D eigenvalue weighted by Crippen LogP contribution is -2.64. The topological polar surface area (TPSA) is 192 Å². The Morgan fingerprint density at radius 1 is 0.471 bits per heavy atom. The number of carbonyl (C=O) groups is 1. The Labute approximate surface area is 424 Å². The number of unbranched alkanes of at least 4 members (excludes halogenated alkanes) is 17. The van der Waals surface area contributed by atoms with Crippen molar-refractivity contribution in [3.63, 3.8) is 0 Å². The second-order valence-electron chi connectivity index (χ2n) is 18.3. The van der Waals surface area contributed by atoms with E-state index >= 15 is 0 Å². The zero-order valence-corrected chi connectivity index (χ0v) is 44.2. The van der Waals surface area contributed by atoms with Crippen LogP contribution in [0.3, 0.4) is 0 Å². The molecule has 0 saturated heterocycles. The Morgan fingerprint density at radius 3 is 1.29 bits per heavy atom. The summed E-state index contributed by atoms with van der Waals surface area (Å²) in [6, 6.07) is 0. The van der Waals surface area contributed by atoms with E-state index in [9.17, 15) is 39.8 Å². The van der Waals surface area contributed by atoms with Crippen LogP contribution in [0.25, 0.3) is 0 Å². The molecule has 0 radical (unpaired) electrons. The fraction of sp³-hybridized carbons (Fsp3) is 0.702. The van der Waals surface area contributed by atoms with E-state index in [0.717, 1.165) is 64.2 Å². The van der Waals surface area contributed by atoms with Gasteiger partial charge in [0.1, 0.15) is 42.7 Å². The molecule has 12 nitrogen and oxygen atoms in total. The van der Waals surface area contributed by atoms with Gasteiger partial charge >= 0.3 is 13.8 Å². The summed E-state index contributed by atoms with van der Waals surface area (Å²) in [6.07, 6.45) is 52.0. The molecule has 0 amide bonds. The van der Waals surface area contributed by atoms with Crippen LogP contribution in [0.5, 0.6) is 0 Å². The Morgan fingerprint density at radius 2 is 0.843 bits per heavy atom. The van der Waals surface area contributed by atoms with Crippen molar-refractivity contribution >= 4 is 13.8 Å². The van der Waals surface area contributed by atoms with Gasteiger partial charge in [-0.25, -0.2) is 4.57 Å². The van der Waals surface area contributed by atoms with E-state index in [1.165, 1.54) is 96.3 Å². The van der Waals surface area contributed by atoms with Crippen LogP contribution >= 0.6 is 7.82 Å². The number of phosphoric ester groups is 1. The summed E-state index contributed by atoms with van der Waals surface area (Å²) < 4.78 is 34.2. The maximum absolute atomic E-state index is 12.9. The van der Waals surface area contributed by atoms with E-state index in [2.05, 4.69) is 98.9 Å². The minimum Gasteiger partial charge on any atom is -0.457 e. The monoisotopic (exact) mass is 1000 g/mol. The number of aliphatic hydroxyl groups excluding tert-OH is 5. The van der Waals surface area contributed by atoms with Gasteiger partial charge in [0.15, 0.2) is 0 Å². The number of aliphatic hydroxyl groups is 5. The average Bonchev–Trinajstić information content (AvgIpc) is 3.35. The molecule has 6 atom stereocenters. The third kappa shape index (κ3) is 37.1. The standard InChI is InChI=1S/C57H97O12P/c1-3-5-7-9-11-13-15-17-19-21-23-24-25-26-27-29-31-33-35-37-39-41-43-45-47-66-48-50(49-67-70(64,65)69-57-55(62)53(60)52(59)54(61)56(57)63)68-51(58)46-44-42-40-38-36-34-32-30-28-22-20-18-16-14-12-10-8-6-4-2/h6,8,12,14-15,17-18,20-21,23,28,30,34,36,40,42,50,52-57,59-63H,3-5,7,9-11,13,16,19,22,24-27,29,31-33,35,37-39,41,43-49H2,1-2H3,(H,64,65)/b8-6-,14-12-,17-15-,20-18-,23-21-,30-28-,36-34-,42-40-. The van der Waals surface area contributed by atoms with Gasteiger partial charge in [-0.2, -0.15) is 0 Å². The van der Waals surface area contributed by atoms with Gasteiger partial charge in [0.2, 0.25) is 0 Å². The molecule has 0 aromatic rings. The highest BCUT2D eigenvalue weighted by atomic mass is 31.2. The van der Waals surface area contributed by atoms with Crippen molar-refractivity contribution in [3.05, 3.63) is 97.2 Å². The van der Waals surface area contributed by atoms with Crippen LogP contribution in [0, 0.1) is 0 Å². The van der Waals surface area contributed by atoms with Gasteiger partial charge < -0.3 is 39.9 Å². The molecule has 1 rings (SSSR count). The summed E-state index contributed by atoms with van der Waals surface area (Å²) >= 11 is 0. The van der Waals surface area contributed by atoms with E-state index in [0.29, 0.717) is 19.4 Å². The molecule has 402 valence electrons. The SMILES string of the molecule is CC/C=C\C/C=C\C/C=C\C/C=C\C/C=C\C/C=C\CCC(=O)OC(COCCCCCCCCCCCCCC/C=C\C/C=C\CCCCCCC)COP(=O)(O)OC1C(O)C(O)C(O)C(O)C1O. The van der Waals surface area contributed by atoms with Crippen molar-refractivity contribution in [1.29, 1.82) is 0 Å². The van der Waals surface area contributed by atoms with Crippen molar-refractivity contribution in [2.75, 3.05) is 19.8 Å². The second-order valence-corrected chi connectivity index (χ2v) is 19.7. The average molecular weight is 1010 g/mol. The molecular weight excluding hydrogens is 908 g/mol. The Hall–Kier alpha value is -2.74. The molecule has 0 aliphatic heterocycles. The molecular formula is C57H97O12P. The molecule has 13 heteroatoms. The van der Waals surface area contributed by atoms with E-state index in [1.807, 2.05) is 12.2 Å². The minimum atomic E-state index is -5.05. The van der Waals surface area contributed by atoms with Crippen molar-refractivity contribution in [1.82, 2.24) is 0 Å². The van der Waals surface area contributed by atoms with Crippen LogP contribution in [-0.2, 0) is 27.9 Å². The quantitative estimate of drug-likeness (QED) is 0.0147. The smallest absolute Gasteiger partial charge is 0.457 e. The maximum Gasteiger partial charge on any atom is 0.472 e. The van der Waals surface area contributed by atoms with E-state index in [4.69, 9.17) is 18.5 Å². The second kappa shape index (κ2) is 46.1. The van der Waals surface area contributed by atoms with Gasteiger partial charge in [-0.3, -0.25) is 13.8 Å². The van der Waals surface area contributed by atoms with Crippen LogP contribution in [0.1, 0.15) is 194 Å². The zero-order chi connectivity index (χ0) is 51.2. The van der Waals surface area contributed by atoms with Gasteiger partial charge in [-0.1, -0.05) is 201 Å². The van der Waals surface area contributed by atoms with E-state index < -0.39 is 63.1 Å². The van der Waals surface area contributed by atoms with Crippen molar-refractivity contribution in [3.8, 4) is 0 Å². The van der Waals surface area contributed by atoms with Gasteiger partial charge in [0, 0.05) is 13.0 Å². The summed E-state index contributed by atoms with van der Waals surface area (Å²) in [6.45, 7) is 4.06. The Balaban J connectivity index is 2.36. The zero-order valence-electron chi connectivity index (χ0n) is 43.3. The molecule has 6 unspecified atom stereocenters. The number of phosphoric acid groups is 1. The van der Waals surface area contributed by atoms with Crippen LogP contribution in [-0.4, -0.2) is 98.9 Å². The lowest BCUT2D eigenvalue weighted by atomic mass is 9.85. The lowest BCUT2D eigenvalue weighted by Gasteiger charge is -2.41. The van der Waals surface area contributed by atoms with E-state index in [1.54, 1.807) is 0 Å². The highest BCUT2D eigenvalue weighted by Crippen LogP contribution is 2.47. The fourth-order valence-electron chi connectivity index (χ4n) is 7.71. The van der Waals surface area contributed by atoms with Crippen molar-refractivity contribution in [2.24, 2.45) is 0 Å². The van der Waals surface area contributed by atoms with Crippen LogP contribution in [0.15, 0.2) is 97.2 Å². The molecule has 1 saturated carbocycles. The first-order valence-electron chi connectivity index (χ1n) is 27.1. The number of hydrogen-bond donors (Lipinski definition) is 6. The molecule has 0 heterocycles. The lowest BCUT2D eigenvalue weighted by molar-refractivity contribution is -0.220. The van der Waals surface area contributed by atoms with E-state index in [-0.39, 0.29) is 13.0 Å². The summed E-state index contributed by atoms with van der Waals surface area (Å²) in [5.41, 5.74) is 0. The molecule has 1 aliphatic rings. The molecule has 70 heavy (non-hydrogen) atoms. The van der Waals surface area contributed by atoms with Crippen LogP contribution < -0.4 is 0 Å². The van der Waals surface area contributed by atoms with Gasteiger partial charge in [0.25, 0.3) is 0 Å². The number of ether oxygens (including phenoxy) is 2. The number of rotatable bonds is 45. The first-order valence-corrected chi connectivity index (χ1v) is 28.6. The summed E-state index contributed by atoms with van der Waals surface area (Å²) in [5, 5.41) is 50.4. The van der Waals surface area contributed by atoms with Crippen molar-refractivity contribution in [2.45, 2.75) is 236 Å². The summed E-state index contributed by atoms with van der Waals surface area (Å²) in [5.74, 6) is -0.561. The Bertz CT molecular complexity index is 1520. The molecule has 0 aromatic carbocycles. The van der Waals surface area contributed by atoms with Gasteiger partial charge in [-0.05, 0) is 83.5 Å². The third-order valence-electron chi connectivity index (χ3n) is 12.0. The molecule has 0 spiro atoms. The highest BCUT2D eigenvalue weighted by Gasteiger charge is 2.51. The van der Waals surface area contributed by atoms with Crippen LogP contribution in [0.2, 0.25) is 0 Å². The predicted molar refractivity (Wildman–Crippen MR) is 285 cm³/mol. The number of allylic oxidation sites excluding steroid dienone is 16. The molecule has 6 N–H and O–H groups in total. The molecule has 0 aromatic heterocycles. The predicted octanol–water partition coefficient (Wildman–Crippen LogP) is 12.6. The third-order valence-corrected chi connectivity index (χ3v) is 12.9. The number of carbonyl (C=O) groups excluding carboxylic acids is 1. The van der Waals surface area contributed by atoms with Gasteiger partial charge in [-0.15, -0.1) is 0 Å². The fourth-order valence-corrected chi connectivity index (χ4v) is 8.68. The molecule has 1 fully saturated rings. The maximum atomic E-state index is 12.9. The normalized spacial score (nSPS) is 21.7. The number of esters is 1. The summed E-state index contributed by atoms with van der Waals surface area (Å²) in [7, 11) is -5.05.